The van der Waals surface area contributed by atoms with E-state index in [0.717, 1.165) is 30.7 Å². The monoisotopic (exact) mass is 263 g/mol. The van der Waals surface area contributed by atoms with Crippen LogP contribution in [0.3, 0.4) is 0 Å². The van der Waals surface area contributed by atoms with Crippen molar-refractivity contribution in [1.82, 2.24) is 15.1 Å². The third-order valence-corrected chi connectivity index (χ3v) is 4.48. The van der Waals surface area contributed by atoms with Gasteiger partial charge in [-0.25, -0.2) is 0 Å². The van der Waals surface area contributed by atoms with Gasteiger partial charge in [-0.05, 0) is 62.6 Å². The summed E-state index contributed by atoms with van der Waals surface area (Å²) in [5, 5.41) is 8.17. The molecule has 3 heteroatoms. The van der Waals surface area contributed by atoms with Crippen LogP contribution in [0.25, 0.3) is 0 Å². The third-order valence-electron chi connectivity index (χ3n) is 4.48. The molecule has 0 saturated heterocycles. The van der Waals surface area contributed by atoms with Crippen LogP contribution in [0.5, 0.6) is 0 Å². The Kier molecular flexibility index (Phi) is 5.44. The first-order valence-electron chi connectivity index (χ1n) is 7.88. The molecule has 1 aliphatic rings. The van der Waals surface area contributed by atoms with Gasteiger partial charge in [-0.15, -0.1) is 0 Å². The lowest BCUT2D eigenvalue weighted by atomic mass is 9.72. The van der Waals surface area contributed by atoms with Crippen LogP contribution in [0, 0.1) is 17.8 Å². The van der Waals surface area contributed by atoms with E-state index in [9.17, 15) is 0 Å². The van der Waals surface area contributed by atoms with E-state index < -0.39 is 0 Å². The first-order valence-corrected chi connectivity index (χ1v) is 7.88. The molecule has 0 aromatic carbocycles. The summed E-state index contributed by atoms with van der Waals surface area (Å²) in [7, 11) is 2.01. The molecule has 0 radical (unpaired) electrons. The van der Waals surface area contributed by atoms with E-state index in [1.54, 1.807) is 0 Å². The zero-order chi connectivity index (χ0) is 13.7. The van der Waals surface area contributed by atoms with Crippen molar-refractivity contribution in [2.75, 3.05) is 13.1 Å². The normalized spacial score (nSPS) is 27.6. The SMILES string of the molecule is CCCNCC1CCC(C)CC1Cc1ccn(C)n1. The molecule has 1 aromatic rings. The quantitative estimate of drug-likeness (QED) is 0.800. The molecule has 19 heavy (non-hydrogen) atoms. The van der Waals surface area contributed by atoms with Crippen LogP contribution in [-0.4, -0.2) is 22.9 Å². The highest BCUT2D eigenvalue weighted by atomic mass is 15.2. The van der Waals surface area contributed by atoms with Crippen LogP contribution >= 0.6 is 0 Å². The lowest BCUT2D eigenvalue weighted by Gasteiger charge is -2.35. The number of nitrogens with zero attached hydrogens (tertiary/aromatic N) is 2. The maximum absolute atomic E-state index is 4.56. The van der Waals surface area contributed by atoms with Crippen molar-refractivity contribution in [1.29, 1.82) is 0 Å². The zero-order valence-corrected chi connectivity index (χ0v) is 12.7. The summed E-state index contributed by atoms with van der Waals surface area (Å²) in [4.78, 5) is 0. The summed E-state index contributed by atoms with van der Waals surface area (Å²) >= 11 is 0. The van der Waals surface area contributed by atoms with Crippen molar-refractivity contribution < 1.29 is 0 Å². The van der Waals surface area contributed by atoms with Crippen molar-refractivity contribution in [3.63, 3.8) is 0 Å². The molecule has 1 heterocycles. The molecule has 0 bridgehead atoms. The summed E-state index contributed by atoms with van der Waals surface area (Å²) in [6.07, 6.45) is 8.60. The summed E-state index contributed by atoms with van der Waals surface area (Å²) in [5.41, 5.74) is 1.27. The first kappa shape index (κ1) is 14.6. The maximum atomic E-state index is 4.56. The fourth-order valence-electron chi connectivity index (χ4n) is 3.39. The van der Waals surface area contributed by atoms with Crippen molar-refractivity contribution in [3.8, 4) is 0 Å². The van der Waals surface area contributed by atoms with Gasteiger partial charge in [-0.2, -0.15) is 5.10 Å². The molecule has 3 atom stereocenters. The predicted octanol–water partition coefficient (Wildman–Crippen LogP) is 3.01. The van der Waals surface area contributed by atoms with Crippen LogP contribution in [0.15, 0.2) is 12.3 Å². The standard InChI is InChI=1S/C16H29N3/c1-4-8-17-12-14-6-5-13(2)10-15(14)11-16-7-9-19(3)18-16/h7,9,13-15,17H,4-6,8,10-12H2,1-3H3. The van der Waals surface area contributed by atoms with Crippen LogP contribution in [0.1, 0.15) is 45.2 Å². The minimum Gasteiger partial charge on any atom is -0.316 e. The highest BCUT2D eigenvalue weighted by Crippen LogP contribution is 2.35. The molecule has 1 fully saturated rings. The Morgan fingerprint density at radius 1 is 1.37 bits per heavy atom. The smallest absolute Gasteiger partial charge is 0.0627 e. The molecule has 0 spiro atoms. The number of nitrogens with one attached hydrogen (secondary N) is 1. The predicted molar refractivity (Wildman–Crippen MR) is 80.1 cm³/mol. The molecule has 1 saturated carbocycles. The van der Waals surface area contributed by atoms with E-state index in [4.69, 9.17) is 0 Å². The summed E-state index contributed by atoms with van der Waals surface area (Å²) < 4.78 is 1.92. The van der Waals surface area contributed by atoms with Crippen LogP contribution in [-0.2, 0) is 13.5 Å². The Bertz CT molecular complexity index is 372. The summed E-state index contributed by atoms with van der Waals surface area (Å²) in [6.45, 7) is 6.99. The van der Waals surface area contributed by atoms with Gasteiger partial charge in [-0.1, -0.05) is 20.3 Å². The fraction of sp³-hybridized carbons (Fsp3) is 0.812. The van der Waals surface area contributed by atoms with E-state index >= 15 is 0 Å². The van der Waals surface area contributed by atoms with Crippen molar-refractivity contribution >= 4 is 0 Å². The lowest BCUT2D eigenvalue weighted by molar-refractivity contribution is 0.182. The number of aryl methyl sites for hydroxylation is 1. The number of hydrogen-bond donors (Lipinski definition) is 1. The van der Waals surface area contributed by atoms with Gasteiger partial charge in [-0.3, -0.25) is 4.68 Å². The van der Waals surface area contributed by atoms with Crippen LogP contribution in [0.2, 0.25) is 0 Å². The van der Waals surface area contributed by atoms with E-state index in [2.05, 4.69) is 36.5 Å². The Morgan fingerprint density at radius 3 is 2.89 bits per heavy atom. The van der Waals surface area contributed by atoms with Gasteiger partial charge in [0.2, 0.25) is 0 Å². The minimum absolute atomic E-state index is 0.808. The molecule has 108 valence electrons. The fourth-order valence-corrected chi connectivity index (χ4v) is 3.39. The minimum atomic E-state index is 0.808. The molecule has 0 amide bonds. The topological polar surface area (TPSA) is 29.9 Å². The van der Waals surface area contributed by atoms with Crippen LogP contribution < -0.4 is 5.32 Å². The van der Waals surface area contributed by atoms with E-state index in [0.29, 0.717) is 0 Å². The average molecular weight is 263 g/mol. The van der Waals surface area contributed by atoms with E-state index in [-0.39, 0.29) is 0 Å². The number of aromatic nitrogens is 2. The van der Waals surface area contributed by atoms with Gasteiger partial charge < -0.3 is 5.32 Å². The molecule has 0 aliphatic heterocycles. The van der Waals surface area contributed by atoms with E-state index in [1.807, 2.05) is 11.7 Å². The zero-order valence-electron chi connectivity index (χ0n) is 12.7. The Balaban J connectivity index is 1.91. The molecular formula is C16H29N3. The molecule has 3 nitrogen and oxygen atoms in total. The Morgan fingerprint density at radius 2 is 2.21 bits per heavy atom. The highest BCUT2D eigenvalue weighted by molar-refractivity contribution is 5.01. The van der Waals surface area contributed by atoms with Gasteiger partial charge >= 0.3 is 0 Å². The maximum Gasteiger partial charge on any atom is 0.0627 e. The summed E-state index contributed by atoms with van der Waals surface area (Å²) in [5.74, 6) is 2.53. The van der Waals surface area contributed by atoms with Crippen molar-refractivity contribution in [3.05, 3.63) is 18.0 Å². The first-order chi connectivity index (χ1) is 9.19. The third kappa shape index (κ3) is 4.34. The van der Waals surface area contributed by atoms with Gasteiger partial charge in [0, 0.05) is 13.2 Å². The second-order valence-electron chi connectivity index (χ2n) is 6.33. The molecule has 1 N–H and O–H groups in total. The summed E-state index contributed by atoms with van der Waals surface area (Å²) in [6, 6.07) is 2.18. The molecular weight excluding hydrogens is 234 g/mol. The average Bonchev–Trinajstić information content (AvgIpc) is 2.78. The molecule has 1 aliphatic carbocycles. The molecule has 1 aromatic heterocycles. The van der Waals surface area contributed by atoms with Crippen molar-refractivity contribution in [2.24, 2.45) is 24.8 Å². The number of hydrogen-bond acceptors (Lipinski definition) is 2. The van der Waals surface area contributed by atoms with Gasteiger partial charge in [0.25, 0.3) is 0 Å². The molecule has 2 rings (SSSR count). The Labute approximate surface area is 117 Å². The highest BCUT2D eigenvalue weighted by Gasteiger charge is 2.28. The second kappa shape index (κ2) is 7.09. The van der Waals surface area contributed by atoms with Crippen LogP contribution in [0.4, 0.5) is 0 Å². The Hall–Kier alpha value is -0.830. The van der Waals surface area contributed by atoms with Gasteiger partial charge in [0.05, 0.1) is 5.69 Å². The van der Waals surface area contributed by atoms with Gasteiger partial charge in [0.15, 0.2) is 0 Å². The van der Waals surface area contributed by atoms with E-state index in [1.165, 1.54) is 37.9 Å². The number of rotatable bonds is 6. The largest absolute Gasteiger partial charge is 0.316 e. The van der Waals surface area contributed by atoms with Gasteiger partial charge in [0.1, 0.15) is 0 Å². The second-order valence-corrected chi connectivity index (χ2v) is 6.33. The van der Waals surface area contributed by atoms with Crippen molar-refractivity contribution in [2.45, 2.75) is 46.0 Å². The molecule has 3 unspecified atom stereocenters. The lowest BCUT2D eigenvalue weighted by Crippen LogP contribution is -2.34.